The van der Waals surface area contributed by atoms with E-state index in [2.05, 4.69) is 17.1 Å². The number of aromatic nitrogens is 3. The molecule has 0 atom stereocenters. The van der Waals surface area contributed by atoms with E-state index in [9.17, 15) is 4.79 Å². The minimum atomic E-state index is 0.0640. The Balaban J connectivity index is 2.54. The summed E-state index contributed by atoms with van der Waals surface area (Å²) in [7, 11) is 0. The number of ketones is 1. The summed E-state index contributed by atoms with van der Waals surface area (Å²) < 4.78 is 1.54. The summed E-state index contributed by atoms with van der Waals surface area (Å²) >= 11 is 0. The standard InChI is InChI=1S/C12H15N3O/c1-3-4-6-10-12(9(2)16)11-7-5-8-13-15(11)14-10/h5,7-8H,3-4,6H2,1-2H3. The first kappa shape index (κ1) is 10.8. The molecule has 84 valence electrons. The number of aryl methyl sites for hydroxylation is 1. The van der Waals surface area contributed by atoms with Crippen LogP contribution in [0.5, 0.6) is 0 Å². The van der Waals surface area contributed by atoms with Gasteiger partial charge in [-0.3, -0.25) is 4.79 Å². The van der Waals surface area contributed by atoms with Gasteiger partial charge in [0.15, 0.2) is 5.78 Å². The molecule has 2 aromatic rings. The number of rotatable bonds is 4. The molecule has 2 heterocycles. The SMILES string of the molecule is CCCCc1nn2ncccc2c1C(C)=O. The number of unbranched alkanes of at least 4 members (excludes halogenated alkanes) is 1. The van der Waals surface area contributed by atoms with E-state index < -0.39 is 0 Å². The van der Waals surface area contributed by atoms with Crippen molar-refractivity contribution < 1.29 is 4.79 Å². The molecule has 0 fully saturated rings. The number of carbonyl (C=O) groups is 1. The highest BCUT2D eigenvalue weighted by molar-refractivity contribution is 6.01. The zero-order valence-corrected chi connectivity index (χ0v) is 9.60. The molecular formula is C12H15N3O. The molecule has 2 rings (SSSR count). The Kier molecular flexibility index (Phi) is 2.99. The molecule has 0 unspecified atom stereocenters. The van der Waals surface area contributed by atoms with E-state index in [4.69, 9.17) is 0 Å². The van der Waals surface area contributed by atoms with Gasteiger partial charge in [0, 0.05) is 6.20 Å². The number of fused-ring (bicyclic) bond motifs is 1. The van der Waals surface area contributed by atoms with E-state index in [0.717, 1.165) is 36.0 Å². The Morgan fingerprint density at radius 1 is 1.50 bits per heavy atom. The van der Waals surface area contributed by atoms with Crippen molar-refractivity contribution in [1.82, 2.24) is 14.8 Å². The van der Waals surface area contributed by atoms with E-state index in [0.29, 0.717) is 0 Å². The molecule has 0 N–H and O–H groups in total. The Labute approximate surface area is 94.3 Å². The molecule has 0 aromatic carbocycles. The molecule has 0 aliphatic rings. The van der Waals surface area contributed by atoms with Gasteiger partial charge in [0.25, 0.3) is 0 Å². The summed E-state index contributed by atoms with van der Waals surface area (Å²) in [5.41, 5.74) is 2.40. The van der Waals surface area contributed by atoms with Crippen LogP contribution < -0.4 is 0 Å². The second kappa shape index (κ2) is 4.43. The van der Waals surface area contributed by atoms with Gasteiger partial charge in [0.05, 0.1) is 16.8 Å². The monoisotopic (exact) mass is 217 g/mol. The topological polar surface area (TPSA) is 47.3 Å². The molecule has 0 aliphatic heterocycles. The maximum atomic E-state index is 11.6. The molecule has 0 bridgehead atoms. The molecule has 0 spiro atoms. The van der Waals surface area contributed by atoms with Gasteiger partial charge in [-0.15, -0.1) is 0 Å². The normalized spacial score (nSPS) is 10.9. The van der Waals surface area contributed by atoms with Gasteiger partial charge in [0.1, 0.15) is 0 Å². The van der Waals surface area contributed by atoms with Crippen molar-refractivity contribution in [2.75, 3.05) is 0 Å². The maximum absolute atomic E-state index is 11.6. The van der Waals surface area contributed by atoms with E-state index in [1.165, 1.54) is 0 Å². The van der Waals surface area contributed by atoms with Crippen molar-refractivity contribution in [1.29, 1.82) is 0 Å². The van der Waals surface area contributed by atoms with E-state index >= 15 is 0 Å². The third kappa shape index (κ3) is 1.83. The van der Waals surface area contributed by atoms with Crippen molar-refractivity contribution in [2.45, 2.75) is 33.1 Å². The number of Topliss-reactive ketones (excluding diaryl/α,β-unsaturated/α-hetero) is 1. The van der Waals surface area contributed by atoms with Crippen LogP contribution in [0.2, 0.25) is 0 Å². The third-order valence-corrected chi connectivity index (χ3v) is 2.61. The highest BCUT2D eigenvalue weighted by Gasteiger charge is 2.15. The minimum Gasteiger partial charge on any atom is -0.294 e. The molecule has 4 nitrogen and oxygen atoms in total. The lowest BCUT2D eigenvalue weighted by molar-refractivity contribution is 0.101. The summed E-state index contributed by atoms with van der Waals surface area (Å²) in [6, 6.07) is 3.71. The quantitative estimate of drug-likeness (QED) is 0.738. The lowest BCUT2D eigenvalue weighted by Crippen LogP contribution is -1.97. The average Bonchev–Trinajstić information content (AvgIpc) is 2.64. The number of hydrogen-bond donors (Lipinski definition) is 0. The van der Waals surface area contributed by atoms with E-state index in [1.54, 1.807) is 17.8 Å². The lowest BCUT2D eigenvalue weighted by atomic mass is 10.1. The smallest absolute Gasteiger partial charge is 0.163 e. The predicted molar refractivity (Wildman–Crippen MR) is 61.6 cm³/mol. The van der Waals surface area contributed by atoms with E-state index in [-0.39, 0.29) is 5.78 Å². The molecular weight excluding hydrogens is 202 g/mol. The third-order valence-electron chi connectivity index (χ3n) is 2.61. The first-order chi connectivity index (χ1) is 7.74. The van der Waals surface area contributed by atoms with Crippen LogP contribution in [0.4, 0.5) is 0 Å². The zero-order chi connectivity index (χ0) is 11.5. The van der Waals surface area contributed by atoms with Gasteiger partial charge in [-0.05, 0) is 31.9 Å². The number of carbonyl (C=O) groups excluding carboxylic acids is 1. The highest BCUT2D eigenvalue weighted by atomic mass is 16.1. The summed E-state index contributed by atoms with van der Waals surface area (Å²) in [5, 5.41) is 8.46. The fraction of sp³-hybridized carbons (Fsp3) is 0.417. The van der Waals surface area contributed by atoms with Crippen LogP contribution in [0.15, 0.2) is 18.3 Å². The van der Waals surface area contributed by atoms with Gasteiger partial charge >= 0.3 is 0 Å². The number of hydrogen-bond acceptors (Lipinski definition) is 3. The molecule has 4 heteroatoms. The largest absolute Gasteiger partial charge is 0.294 e. The second-order valence-corrected chi connectivity index (χ2v) is 3.88. The maximum Gasteiger partial charge on any atom is 0.163 e. The zero-order valence-electron chi connectivity index (χ0n) is 9.60. The summed E-state index contributed by atoms with van der Waals surface area (Å²) in [5.74, 6) is 0.0640. The van der Waals surface area contributed by atoms with Gasteiger partial charge in [-0.25, -0.2) is 0 Å². The van der Waals surface area contributed by atoms with Crippen molar-refractivity contribution >= 4 is 11.3 Å². The molecule has 0 radical (unpaired) electrons. The molecule has 16 heavy (non-hydrogen) atoms. The minimum absolute atomic E-state index is 0.0640. The lowest BCUT2D eigenvalue weighted by Gasteiger charge is -1.96. The van der Waals surface area contributed by atoms with Crippen LogP contribution in [0, 0.1) is 0 Å². The van der Waals surface area contributed by atoms with Crippen molar-refractivity contribution in [3.05, 3.63) is 29.6 Å². The van der Waals surface area contributed by atoms with Crippen molar-refractivity contribution in [2.24, 2.45) is 0 Å². The first-order valence-electron chi connectivity index (χ1n) is 5.58. The predicted octanol–water partition coefficient (Wildman–Crippen LogP) is 2.27. The van der Waals surface area contributed by atoms with Crippen LogP contribution in [0.3, 0.4) is 0 Å². The Hall–Kier alpha value is -1.71. The highest BCUT2D eigenvalue weighted by Crippen LogP contribution is 2.17. The molecule has 0 amide bonds. The Morgan fingerprint density at radius 2 is 2.31 bits per heavy atom. The summed E-state index contributed by atoms with van der Waals surface area (Å²) in [6.07, 6.45) is 4.66. The fourth-order valence-electron chi connectivity index (χ4n) is 1.84. The molecule has 0 saturated carbocycles. The van der Waals surface area contributed by atoms with Crippen LogP contribution in [0.25, 0.3) is 5.52 Å². The first-order valence-corrected chi connectivity index (χ1v) is 5.58. The van der Waals surface area contributed by atoms with Gasteiger partial charge < -0.3 is 0 Å². The van der Waals surface area contributed by atoms with Gasteiger partial charge in [0.2, 0.25) is 0 Å². The molecule has 0 saturated heterocycles. The second-order valence-electron chi connectivity index (χ2n) is 3.88. The summed E-state index contributed by atoms with van der Waals surface area (Å²) in [4.78, 5) is 11.6. The van der Waals surface area contributed by atoms with Crippen molar-refractivity contribution in [3.8, 4) is 0 Å². The van der Waals surface area contributed by atoms with Gasteiger partial charge in [-0.1, -0.05) is 13.3 Å². The Bertz CT molecular complexity index is 516. The summed E-state index contributed by atoms with van der Waals surface area (Å²) in [6.45, 7) is 3.71. The fourth-order valence-corrected chi connectivity index (χ4v) is 1.84. The van der Waals surface area contributed by atoms with Crippen LogP contribution in [0.1, 0.15) is 42.7 Å². The van der Waals surface area contributed by atoms with Crippen molar-refractivity contribution in [3.63, 3.8) is 0 Å². The van der Waals surface area contributed by atoms with Crippen LogP contribution >= 0.6 is 0 Å². The average molecular weight is 217 g/mol. The van der Waals surface area contributed by atoms with E-state index in [1.807, 2.05) is 12.1 Å². The van der Waals surface area contributed by atoms with Gasteiger partial charge in [-0.2, -0.15) is 14.8 Å². The Morgan fingerprint density at radius 3 is 3.00 bits per heavy atom. The van der Waals surface area contributed by atoms with Crippen LogP contribution in [-0.2, 0) is 6.42 Å². The molecule has 0 aliphatic carbocycles. The van der Waals surface area contributed by atoms with Crippen LogP contribution in [-0.4, -0.2) is 20.6 Å². The molecule has 2 aromatic heterocycles. The number of nitrogens with zero attached hydrogens (tertiary/aromatic N) is 3.